The summed E-state index contributed by atoms with van der Waals surface area (Å²) < 4.78 is 7.30. The van der Waals surface area contributed by atoms with Crippen molar-refractivity contribution in [2.75, 3.05) is 26.8 Å². The molecule has 0 saturated heterocycles. The van der Waals surface area contributed by atoms with E-state index in [1.165, 1.54) is 36.8 Å². The summed E-state index contributed by atoms with van der Waals surface area (Å²) >= 11 is 0. The zero-order valence-electron chi connectivity index (χ0n) is 17.9. The van der Waals surface area contributed by atoms with Crippen LogP contribution >= 0.6 is 0 Å². The lowest BCUT2D eigenvalue weighted by Gasteiger charge is -2.30. The maximum atomic E-state index is 5.36. The van der Waals surface area contributed by atoms with Gasteiger partial charge in [-0.3, -0.25) is 4.68 Å². The van der Waals surface area contributed by atoms with Crippen molar-refractivity contribution in [1.29, 1.82) is 0 Å². The van der Waals surface area contributed by atoms with Crippen molar-refractivity contribution >= 4 is 5.96 Å². The fraction of sp³-hybridized carbons (Fsp3) is 0.565. The summed E-state index contributed by atoms with van der Waals surface area (Å²) in [7, 11) is 1.79. The van der Waals surface area contributed by atoms with Crippen molar-refractivity contribution in [3.8, 4) is 0 Å². The van der Waals surface area contributed by atoms with Crippen LogP contribution in [0.1, 0.15) is 50.2 Å². The predicted octanol–water partition coefficient (Wildman–Crippen LogP) is 3.58. The van der Waals surface area contributed by atoms with E-state index in [0.717, 1.165) is 38.6 Å². The van der Waals surface area contributed by atoms with Gasteiger partial charge in [-0.15, -0.1) is 0 Å². The number of ether oxygens (including phenoxy) is 1. The van der Waals surface area contributed by atoms with Crippen molar-refractivity contribution in [2.24, 2.45) is 10.4 Å². The van der Waals surface area contributed by atoms with Crippen LogP contribution in [0.3, 0.4) is 0 Å². The molecule has 0 spiro atoms. The Balaban J connectivity index is 1.60. The Morgan fingerprint density at radius 2 is 2.03 bits per heavy atom. The average molecular weight is 398 g/mol. The lowest BCUT2D eigenvalue weighted by atomic mass is 9.83. The summed E-state index contributed by atoms with van der Waals surface area (Å²) in [5.74, 6) is 0.897. The Morgan fingerprint density at radius 1 is 1.21 bits per heavy atom. The third-order valence-corrected chi connectivity index (χ3v) is 5.79. The van der Waals surface area contributed by atoms with Crippen LogP contribution < -0.4 is 10.6 Å². The minimum atomic E-state index is 0.343. The second kappa shape index (κ2) is 11.0. The maximum Gasteiger partial charge on any atom is 0.191 e. The standard InChI is InChI=1S/C23H35N5O/c1-3-24-22(26-19-23(12-15-29-2)10-4-5-11-23)25-17-20-8-6-9-21(16-20)18-28-14-7-13-27-28/h6-9,13-14,16H,3-5,10-12,15,17-19H2,1-2H3,(H2,24,25,26). The van der Waals surface area contributed by atoms with Gasteiger partial charge in [-0.2, -0.15) is 5.10 Å². The minimum Gasteiger partial charge on any atom is -0.385 e. The van der Waals surface area contributed by atoms with Gasteiger partial charge in [0.05, 0.1) is 13.1 Å². The van der Waals surface area contributed by atoms with Gasteiger partial charge in [-0.25, -0.2) is 4.99 Å². The van der Waals surface area contributed by atoms with Gasteiger partial charge in [0.25, 0.3) is 0 Å². The molecule has 0 bridgehead atoms. The number of nitrogens with one attached hydrogen (secondary N) is 2. The topological polar surface area (TPSA) is 63.5 Å². The van der Waals surface area contributed by atoms with Gasteiger partial charge in [-0.05, 0) is 48.8 Å². The number of aromatic nitrogens is 2. The van der Waals surface area contributed by atoms with Gasteiger partial charge in [0, 0.05) is 39.2 Å². The van der Waals surface area contributed by atoms with Crippen LogP contribution in [0.4, 0.5) is 0 Å². The highest BCUT2D eigenvalue weighted by molar-refractivity contribution is 5.79. The van der Waals surface area contributed by atoms with Crippen LogP contribution in [-0.4, -0.2) is 42.5 Å². The molecule has 1 aromatic heterocycles. The van der Waals surface area contributed by atoms with Crippen LogP contribution in [-0.2, 0) is 17.8 Å². The highest BCUT2D eigenvalue weighted by atomic mass is 16.5. The lowest BCUT2D eigenvalue weighted by molar-refractivity contribution is 0.138. The summed E-state index contributed by atoms with van der Waals surface area (Å²) in [6, 6.07) is 10.5. The molecule has 29 heavy (non-hydrogen) atoms. The van der Waals surface area contributed by atoms with E-state index in [-0.39, 0.29) is 0 Å². The molecule has 158 valence electrons. The summed E-state index contributed by atoms with van der Waals surface area (Å²) in [4.78, 5) is 4.83. The zero-order valence-corrected chi connectivity index (χ0v) is 17.9. The Labute approximate surface area is 174 Å². The smallest absolute Gasteiger partial charge is 0.191 e. The quantitative estimate of drug-likeness (QED) is 0.475. The molecule has 1 saturated carbocycles. The monoisotopic (exact) mass is 397 g/mol. The molecule has 6 nitrogen and oxygen atoms in total. The van der Waals surface area contributed by atoms with Gasteiger partial charge in [-0.1, -0.05) is 37.1 Å². The van der Waals surface area contributed by atoms with Gasteiger partial charge in [0.2, 0.25) is 0 Å². The first-order valence-corrected chi connectivity index (χ1v) is 10.8. The predicted molar refractivity (Wildman–Crippen MR) is 118 cm³/mol. The second-order valence-electron chi connectivity index (χ2n) is 8.02. The fourth-order valence-electron chi connectivity index (χ4n) is 4.15. The minimum absolute atomic E-state index is 0.343. The molecular formula is C23H35N5O. The number of nitrogens with zero attached hydrogens (tertiary/aromatic N) is 3. The molecule has 0 aliphatic heterocycles. The van der Waals surface area contributed by atoms with E-state index < -0.39 is 0 Å². The number of hydrogen-bond donors (Lipinski definition) is 2. The zero-order chi connectivity index (χ0) is 20.4. The van der Waals surface area contributed by atoms with Crippen LogP contribution in [0.15, 0.2) is 47.7 Å². The molecule has 3 rings (SSSR count). The number of aliphatic imine (C=N–C) groups is 1. The van der Waals surface area contributed by atoms with Crippen LogP contribution in [0.25, 0.3) is 0 Å². The molecule has 0 amide bonds. The van der Waals surface area contributed by atoms with Gasteiger partial charge in [0.15, 0.2) is 5.96 Å². The summed E-state index contributed by atoms with van der Waals surface area (Å²) in [5, 5.41) is 11.3. The molecule has 2 aromatic rings. The Hall–Kier alpha value is -2.34. The molecular weight excluding hydrogens is 362 g/mol. The number of methoxy groups -OCH3 is 1. The van der Waals surface area contributed by atoms with Gasteiger partial charge >= 0.3 is 0 Å². The molecule has 1 aliphatic rings. The van der Waals surface area contributed by atoms with Crippen molar-refractivity contribution in [3.63, 3.8) is 0 Å². The van der Waals surface area contributed by atoms with Crippen LogP contribution in [0.5, 0.6) is 0 Å². The summed E-state index contributed by atoms with van der Waals surface area (Å²) in [6.07, 6.45) is 10.1. The number of hydrogen-bond acceptors (Lipinski definition) is 3. The number of rotatable bonds is 10. The Kier molecular flexibility index (Phi) is 8.11. The van der Waals surface area contributed by atoms with E-state index in [1.807, 2.05) is 23.1 Å². The molecule has 1 fully saturated rings. The first kappa shape index (κ1) is 21.4. The number of benzene rings is 1. The fourth-order valence-corrected chi connectivity index (χ4v) is 4.15. The normalized spacial score (nSPS) is 16.1. The highest BCUT2D eigenvalue weighted by Gasteiger charge is 2.33. The number of guanidine groups is 1. The molecule has 1 aliphatic carbocycles. The summed E-state index contributed by atoms with van der Waals surface area (Å²) in [5.41, 5.74) is 2.79. The molecule has 2 N–H and O–H groups in total. The lowest BCUT2D eigenvalue weighted by Crippen LogP contribution is -2.43. The molecule has 1 heterocycles. The van der Waals surface area contributed by atoms with Crippen LogP contribution in [0, 0.1) is 5.41 Å². The van der Waals surface area contributed by atoms with Crippen molar-refractivity contribution < 1.29 is 4.74 Å². The molecule has 0 atom stereocenters. The largest absolute Gasteiger partial charge is 0.385 e. The van der Waals surface area contributed by atoms with Gasteiger partial charge < -0.3 is 15.4 Å². The maximum absolute atomic E-state index is 5.36. The molecule has 6 heteroatoms. The van der Waals surface area contributed by atoms with Gasteiger partial charge in [0.1, 0.15) is 0 Å². The Bertz CT molecular complexity index is 750. The van der Waals surface area contributed by atoms with E-state index >= 15 is 0 Å². The SMILES string of the molecule is CCNC(=NCc1cccc(Cn2cccn2)c1)NCC1(CCOC)CCCC1. The van der Waals surface area contributed by atoms with E-state index in [4.69, 9.17) is 9.73 Å². The Morgan fingerprint density at radius 3 is 2.76 bits per heavy atom. The first-order valence-electron chi connectivity index (χ1n) is 10.8. The summed E-state index contributed by atoms with van der Waals surface area (Å²) in [6.45, 7) is 6.20. The van der Waals surface area contributed by atoms with E-state index in [1.54, 1.807) is 7.11 Å². The third-order valence-electron chi connectivity index (χ3n) is 5.79. The molecule has 1 aromatic carbocycles. The third kappa shape index (κ3) is 6.60. The highest BCUT2D eigenvalue weighted by Crippen LogP contribution is 2.40. The van der Waals surface area contributed by atoms with Crippen molar-refractivity contribution in [1.82, 2.24) is 20.4 Å². The van der Waals surface area contributed by atoms with E-state index in [2.05, 4.69) is 46.9 Å². The molecule has 0 radical (unpaired) electrons. The molecule has 0 unspecified atom stereocenters. The van der Waals surface area contributed by atoms with Crippen molar-refractivity contribution in [2.45, 2.75) is 52.1 Å². The average Bonchev–Trinajstić information content (AvgIpc) is 3.42. The van der Waals surface area contributed by atoms with E-state index in [9.17, 15) is 0 Å². The van der Waals surface area contributed by atoms with E-state index in [0.29, 0.717) is 12.0 Å². The van der Waals surface area contributed by atoms with Crippen LogP contribution in [0.2, 0.25) is 0 Å². The van der Waals surface area contributed by atoms with Crippen molar-refractivity contribution in [3.05, 3.63) is 53.9 Å². The first-order chi connectivity index (χ1) is 14.2. The second-order valence-corrected chi connectivity index (χ2v) is 8.02.